The summed E-state index contributed by atoms with van der Waals surface area (Å²) >= 11 is 1.90. The van der Waals surface area contributed by atoms with Gasteiger partial charge in [-0.2, -0.15) is 0 Å². The summed E-state index contributed by atoms with van der Waals surface area (Å²) in [5.41, 5.74) is 0. The first-order chi connectivity index (χ1) is 7.26. The fraction of sp³-hybridized carbons (Fsp3) is 0.909. The standard InChI is InChI=1S/C11H22N2OS/c1-4-5-10-8-12-11(15-10)13-9(2)6-7-14-3/h9-10H,4-8H2,1-3H3,(H,12,13). The average Bonchev–Trinajstić information content (AvgIpc) is 2.63. The van der Waals surface area contributed by atoms with Crippen LogP contribution in [0.2, 0.25) is 0 Å². The summed E-state index contributed by atoms with van der Waals surface area (Å²) in [6, 6.07) is 0.455. The van der Waals surface area contributed by atoms with Crippen molar-refractivity contribution in [3.8, 4) is 0 Å². The van der Waals surface area contributed by atoms with E-state index in [1.165, 1.54) is 12.8 Å². The van der Waals surface area contributed by atoms with Gasteiger partial charge in [0, 0.05) is 25.0 Å². The molecule has 88 valence electrons. The number of methoxy groups -OCH3 is 1. The van der Waals surface area contributed by atoms with Gasteiger partial charge >= 0.3 is 0 Å². The normalized spacial score (nSPS) is 22.6. The molecular weight excluding hydrogens is 208 g/mol. The third-order valence-electron chi connectivity index (χ3n) is 2.45. The highest BCUT2D eigenvalue weighted by molar-refractivity contribution is 8.14. The Kier molecular flexibility index (Phi) is 6.10. The summed E-state index contributed by atoms with van der Waals surface area (Å²) in [7, 11) is 1.74. The molecule has 1 heterocycles. The molecule has 2 unspecified atom stereocenters. The Balaban J connectivity index is 2.17. The predicted octanol–water partition coefficient (Wildman–Crippen LogP) is 2.27. The van der Waals surface area contributed by atoms with Gasteiger partial charge in [-0.05, 0) is 19.8 Å². The number of rotatable bonds is 6. The topological polar surface area (TPSA) is 33.6 Å². The molecule has 0 bridgehead atoms. The second-order valence-electron chi connectivity index (χ2n) is 4.00. The molecule has 2 atom stereocenters. The Morgan fingerprint density at radius 3 is 3.13 bits per heavy atom. The molecule has 1 aliphatic rings. The van der Waals surface area contributed by atoms with Crippen LogP contribution in [-0.4, -0.2) is 36.7 Å². The number of nitrogens with zero attached hydrogens (tertiary/aromatic N) is 1. The molecule has 1 N–H and O–H groups in total. The van der Waals surface area contributed by atoms with Gasteiger partial charge in [-0.3, -0.25) is 4.99 Å². The number of nitrogens with one attached hydrogen (secondary N) is 1. The Hall–Kier alpha value is -0.220. The Morgan fingerprint density at radius 1 is 1.67 bits per heavy atom. The third-order valence-corrected chi connectivity index (χ3v) is 3.64. The van der Waals surface area contributed by atoms with E-state index in [1.807, 2.05) is 11.8 Å². The van der Waals surface area contributed by atoms with Gasteiger partial charge in [0.15, 0.2) is 5.17 Å². The SMILES string of the molecule is CCCC1CN=C(NC(C)CCOC)S1. The van der Waals surface area contributed by atoms with E-state index < -0.39 is 0 Å². The maximum absolute atomic E-state index is 5.05. The van der Waals surface area contributed by atoms with Crippen LogP contribution in [0.15, 0.2) is 4.99 Å². The van der Waals surface area contributed by atoms with Gasteiger partial charge in [-0.25, -0.2) is 0 Å². The van der Waals surface area contributed by atoms with Crippen LogP contribution in [0, 0.1) is 0 Å². The van der Waals surface area contributed by atoms with Crippen molar-refractivity contribution in [2.24, 2.45) is 4.99 Å². The second kappa shape index (κ2) is 7.12. The van der Waals surface area contributed by atoms with Crippen LogP contribution >= 0.6 is 11.8 Å². The summed E-state index contributed by atoms with van der Waals surface area (Å²) in [6.07, 6.45) is 3.56. The molecule has 0 amide bonds. The number of thioether (sulfide) groups is 1. The molecular formula is C11H22N2OS. The maximum Gasteiger partial charge on any atom is 0.157 e. The molecule has 0 aromatic heterocycles. The van der Waals surface area contributed by atoms with Crippen LogP contribution in [0.1, 0.15) is 33.1 Å². The molecule has 0 radical (unpaired) electrons. The van der Waals surface area contributed by atoms with Gasteiger partial charge in [0.05, 0.1) is 6.54 Å². The van der Waals surface area contributed by atoms with E-state index in [2.05, 4.69) is 24.2 Å². The first-order valence-electron chi connectivity index (χ1n) is 5.72. The third kappa shape index (κ3) is 4.89. The van der Waals surface area contributed by atoms with E-state index >= 15 is 0 Å². The zero-order chi connectivity index (χ0) is 11.1. The van der Waals surface area contributed by atoms with Crippen LogP contribution in [0.5, 0.6) is 0 Å². The van der Waals surface area contributed by atoms with Gasteiger partial charge < -0.3 is 10.1 Å². The van der Waals surface area contributed by atoms with Crippen molar-refractivity contribution in [3.05, 3.63) is 0 Å². The lowest BCUT2D eigenvalue weighted by molar-refractivity contribution is 0.187. The first-order valence-corrected chi connectivity index (χ1v) is 6.60. The van der Waals surface area contributed by atoms with Crippen molar-refractivity contribution in [1.82, 2.24) is 5.32 Å². The number of hydrogen-bond donors (Lipinski definition) is 1. The van der Waals surface area contributed by atoms with Gasteiger partial charge in [0.1, 0.15) is 0 Å². The average molecular weight is 230 g/mol. The molecule has 15 heavy (non-hydrogen) atoms. The van der Waals surface area contributed by atoms with Crippen molar-refractivity contribution < 1.29 is 4.74 Å². The van der Waals surface area contributed by atoms with Crippen LogP contribution in [-0.2, 0) is 4.74 Å². The number of aliphatic imine (C=N–C) groups is 1. The van der Waals surface area contributed by atoms with E-state index in [0.717, 1.165) is 24.7 Å². The van der Waals surface area contributed by atoms with Crippen LogP contribution < -0.4 is 5.32 Å². The quantitative estimate of drug-likeness (QED) is 0.760. The fourth-order valence-corrected chi connectivity index (χ4v) is 2.78. The van der Waals surface area contributed by atoms with Crippen molar-refractivity contribution in [1.29, 1.82) is 0 Å². The molecule has 3 nitrogen and oxygen atoms in total. The van der Waals surface area contributed by atoms with E-state index in [0.29, 0.717) is 11.3 Å². The summed E-state index contributed by atoms with van der Waals surface area (Å²) < 4.78 is 5.05. The zero-order valence-corrected chi connectivity index (χ0v) is 10.8. The number of hydrogen-bond acceptors (Lipinski definition) is 4. The summed E-state index contributed by atoms with van der Waals surface area (Å²) in [4.78, 5) is 4.51. The minimum absolute atomic E-state index is 0.455. The largest absolute Gasteiger partial charge is 0.385 e. The van der Waals surface area contributed by atoms with Crippen molar-refractivity contribution in [3.63, 3.8) is 0 Å². The molecule has 0 aliphatic carbocycles. The van der Waals surface area contributed by atoms with Crippen molar-refractivity contribution >= 4 is 16.9 Å². The fourth-order valence-electron chi connectivity index (χ4n) is 1.55. The predicted molar refractivity (Wildman–Crippen MR) is 67.7 cm³/mol. The summed E-state index contributed by atoms with van der Waals surface area (Å²) in [5, 5.41) is 5.26. The Bertz CT molecular complexity index is 209. The molecule has 0 fully saturated rings. The van der Waals surface area contributed by atoms with E-state index in [1.54, 1.807) is 7.11 Å². The van der Waals surface area contributed by atoms with Crippen molar-refractivity contribution in [2.75, 3.05) is 20.3 Å². The second-order valence-corrected chi connectivity index (χ2v) is 5.29. The van der Waals surface area contributed by atoms with Crippen LogP contribution in [0.25, 0.3) is 0 Å². The number of ether oxygens (including phenoxy) is 1. The minimum atomic E-state index is 0.455. The molecule has 4 heteroatoms. The van der Waals surface area contributed by atoms with E-state index in [4.69, 9.17) is 4.74 Å². The highest BCUT2D eigenvalue weighted by atomic mass is 32.2. The summed E-state index contributed by atoms with van der Waals surface area (Å²) in [5.74, 6) is 0. The van der Waals surface area contributed by atoms with Crippen LogP contribution in [0.3, 0.4) is 0 Å². The molecule has 1 rings (SSSR count). The van der Waals surface area contributed by atoms with E-state index in [-0.39, 0.29) is 0 Å². The highest BCUT2D eigenvalue weighted by Gasteiger charge is 2.19. The molecule has 0 saturated heterocycles. The lowest BCUT2D eigenvalue weighted by atomic mass is 10.2. The molecule has 0 aromatic rings. The van der Waals surface area contributed by atoms with Crippen molar-refractivity contribution in [2.45, 2.75) is 44.4 Å². The van der Waals surface area contributed by atoms with E-state index in [9.17, 15) is 0 Å². The highest BCUT2D eigenvalue weighted by Crippen LogP contribution is 2.23. The Labute approximate surface area is 97.1 Å². The molecule has 0 saturated carbocycles. The molecule has 0 spiro atoms. The van der Waals surface area contributed by atoms with Gasteiger partial charge in [0.25, 0.3) is 0 Å². The van der Waals surface area contributed by atoms with Gasteiger partial charge in [-0.15, -0.1) is 0 Å². The summed E-state index contributed by atoms with van der Waals surface area (Å²) in [6.45, 7) is 6.20. The Morgan fingerprint density at radius 2 is 2.47 bits per heavy atom. The van der Waals surface area contributed by atoms with Gasteiger partial charge in [-0.1, -0.05) is 25.1 Å². The lowest BCUT2D eigenvalue weighted by Gasteiger charge is -2.14. The molecule has 1 aliphatic heterocycles. The zero-order valence-electron chi connectivity index (χ0n) is 9.95. The maximum atomic E-state index is 5.05. The smallest absolute Gasteiger partial charge is 0.157 e. The lowest BCUT2D eigenvalue weighted by Crippen LogP contribution is -2.30. The minimum Gasteiger partial charge on any atom is -0.385 e. The molecule has 0 aromatic carbocycles. The van der Waals surface area contributed by atoms with Crippen LogP contribution in [0.4, 0.5) is 0 Å². The first kappa shape index (κ1) is 12.8. The monoisotopic (exact) mass is 230 g/mol. The van der Waals surface area contributed by atoms with Gasteiger partial charge in [0.2, 0.25) is 0 Å². The number of amidine groups is 1.